The molecule has 2 aliphatic carbocycles. The third-order valence-corrected chi connectivity index (χ3v) is 8.18. The number of carbonyl (C=O) groups is 1. The predicted octanol–water partition coefficient (Wildman–Crippen LogP) is 2.38. The van der Waals surface area contributed by atoms with Crippen LogP contribution in [-0.4, -0.2) is 32.4 Å². The van der Waals surface area contributed by atoms with E-state index < -0.39 is 0 Å². The summed E-state index contributed by atoms with van der Waals surface area (Å²) in [6.07, 6.45) is 2.20. The van der Waals surface area contributed by atoms with Gasteiger partial charge in [-0.25, -0.2) is 0 Å². The van der Waals surface area contributed by atoms with Crippen LogP contribution in [0.3, 0.4) is 0 Å². The zero-order valence-corrected chi connectivity index (χ0v) is 13.3. The van der Waals surface area contributed by atoms with Gasteiger partial charge in [0.1, 0.15) is 0 Å². The van der Waals surface area contributed by atoms with Crippen molar-refractivity contribution < 1.29 is 9.53 Å². The molecule has 2 nitrogen and oxygen atoms in total. The number of hydrogen-bond donors (Lipinski definition) is 0. The monoisotopic (exact) mass is 344 g/mol. The third kappa shape index (κ3) is 2.69. The number of ether oxygens (including phenoxy) is 1. The first-order valence-electron chi connectivity index (χ1n) is 6.68. The second-order valence-electron chi connectivity index (χ2n) is 5.38. The molecule has 2 saturated carbocycles. The van der Waals surface area contributed by atoms with Gasteiger partial charge in [-0.3, -0.25) is 0 Å². The fourth-order valence-corrected chi connectivity index (χ4v) is 6.97. The Balaban J connectivity index is 1.67. The average Bonchev–Trinajstić information content (AvgIpc) is 2.90. The van der Waals surface area contributed by atoms with Crippen LogP contribution in [0.2, 0.25) is 4.82 Å². The van der Waals surface area contributed by atoms with Crippen molar-refractivity contribution in [3.63, 3.8) is 0 Å². The molecule has 102 valence electrons. The SMILES string of the molecule is CC(=O)O[C@H]1C[C@H]2C[C@@H]1[C@@H](Cl)[C@@H]2[Se]c1ccccc1. The molecule has 0 aliphatic heterocycles. The van der Waals surface area contributed by atoms with Crippen molar-refractivity contribution in [1.82, 2.24) is 0 Å². The summed E-state index contributed by atoms with van der Waals surface area (Å²) in [5, 5.41) is 0.170. The van der Waals surface area contributed by atoms with Crippen molar-refractivity contribution in [1.29, 1.82) is 0 Å². The van der Waals surface area contributed by atoms with Crippen LogP contribution in [0.25, 0.3) is 0 Å². The molecule has 2 aliphatic rings. The van der Waals surface area contributed by atoms with Crippen molar-refractivity contribution in [2.75, 3.05) is 0 Å². The summed E-state index contributed by atoms with van der Waals surface area (Å²) >= 11 is 7.05. The molecule has 19 heavy (non-hydrogen) atoms. The number of rotatable bonds is 3. The molecule has 2 bridgehead atoms. The zero-order valence-electron chi connectivity index (χ0n) is 10.8. The fourth-order valence-electron chi connectivity index (χ4n) is 3.34. The molecule has 0 unspecified atom stereocenters. The van der Waals surface area contributed by atoms with Crippen LogP contribution in [0.5, 0.6) is 0 Å². The van der Waals surface area contributed by atoms with Crippen molar-refractivity contribution in [3.05, 3.63) is 30.3 Å². The third-order valence-electron chi connectivity index (χ3n) is 4.11. The van der Waals surface area contributed by atoms with E-state index in [2.05, 4.69) is 30.3 Å². The van der Waals surface area contributed by atoms with Crippen LogP contribution >= 0.6 is 11.6 Å². The first-order chi connectivity index (χ1) is 9.15. The van der Waals surface area contributed by atoms with E-state index >= 15 is 0 Å². The Kier molecular flexibility index (Phi) is 3.88. The van der Waals surface area contributed by atoms with E-state index in [1.807, 2.05) is 0 Å². The van der Waals surface area contributed by atoms with Crippen LogP contribution < -0.4 is 4.46 Å². The standard InChI is InChI=1S/C15H17ClO2Se/c1-9(17)18-13-8-10-7-12(13)14(16)15(10)19-11-5-3-2-4-6-11/h2-6,10,12-15H,7-8H2,1H3/t10-,12+,13+,14-,15-/m1/s1. The van der Waals surface area contributed by atoms with E-state index in [1.54, 1.807) is 0 Å². The van der Waals surface area contributed by atoms with Crippen molar-refractivity contribution in [2.45, 2.75) is 36.1 Å². The van der Waals surface area contributed by atoms with Crippen LogP contribution in [0.15, 0.2) is 30.3 Å². The minimum absolute atomic E-state index is 0.0628. The van der Waals surface area contributed by atoms with Gasteiger partial charge >= 0.3 is 125 Å². The Bertz CT molecular complexity index is 462. The normalized spacial score (nSPS) is 36.4. The van der Waals surface area contributed by atoms with Gasteiger partial charge < -0.3 is 0 Å². The Morgan fingerprint density at radius 2 is 2.05 bits per heavy atom. The molecule has 1 aromatic carbocycles. The van der Waals surface area contributed by atoms with Gasteiger partial charge in [0, 0.05) is 0 Å². The van der Waals surface area contributed by atoms with Crippen LogP contribution in [-0.2, 0) is 9.53 Å². The molecule has 2 fully saturated rings. The van der Waals surface area contributed by atoms with Gasteiger partial charge in [0.2, 0.25) is 0 Å². The second kappa shape index (κ2) is 5.47. The summed E-state index contributed by atoms with van der Waals surface area (Å²) in [5.74, 6) is 0.828. The van der Waals surface area contributed by atoms with E-state index in [9.17, 15) is 4.79 Å². The Morgan fingerprint density at radius 3 is 2.68 bits per heavy atom. The summed E-state index contributed by atoms with van der Waals surface area (Å²) < 4.78 is 6.82. The molecule has 4 heteroatoms. The minimum atomic E-state index is -0.175. The topological polar surface area (TPSA) is 26.3 Å². The summed E-state index contributed by atoms with van der Waals surface area (Å²) in [7, 11) is 0. The number of hydrogen-bond acceptors (Lipinski definition) is 2. The average molecular weight is 344 g/mol. The van der Waals surface area contributed by atoms with Gasteiger partial charge in [-0.15, -0.1) is 0 Å². The molecule has 0 amide bonds. The summed E-state index contributed by atoms with van der Waals surface area (Å²) in [5.41, 5.74) is 0. The molecule has 0 aromatic heterocycles. The van der Waals surface area contributed by atoms with Crippen molar-refractivity contribution in [2.24, 2.45) is 11.8 Å². The Morgan fingerprint density at radius 1 is 1.32 bits per heavy atom. The molecule has 0 N–H and O–H groups in total. The molecule has 1 aromatic rings. The van der Waals surface area contributed by atoms with Crippen molar-refractivity contribution >= 4 is 37.0 Å². The molecule has 0 spiro atoms. The molecule has 3 rings (SSSR count). The van der Waals surface area contributed by atoms with E-state index in [1.165, 1.54) is 11.4 Å². The quantitative estimate of drug-likeness (QED) is 0.478. The van der Waals surface area contributed by atoms with Crippen LogP contribution in [0.4, 0.5) is 0 Å². The van der Waals surface area contributed by atoms with Crippen LogP contribution in [0, 0.1) is 11.8 Å². The number of fused-ring (bicyclic) bond motifs is 2. The van der Waals surface area contributed by atoms with E-state index in [0.717, 1.165) is 12.8 Å². The van der Waals surface area contributed by atoms with E-state index in [-0.39, 0.29) is 17.5 Å². The van der Waals surface area contributed by atoms with Gasteiger partial charge in [-0.1, -0.05) is 0 Å². The van der Waals surface area contributed by atoms with E-state index in [4.69, 9.17) is 16.3 Å². The number of benzene rings is 1. The summed E-state index contributed by atoms with van der Waals surface area (Å²) in [4.78, 5) is 11.7. The van der Waals surface area contributed by atoms with Gasteiger partial charge in [0.15, 0.2) is 0 Å². The van der Waals surface area contributed by atoms with E-state index in [0.29, 0.717) is 31.6 Å². The second-order valence-corrected chi connectivity index (χ2v) is 8.51. The molecule has 5 atom stereocenters. The summed E-state index contributed by atoms with van der Waals surface area (Å²) in [6, 6.07) is 10.6. The Labute approximate surface area is 125 Å². The summed E-state index contributed by atoms with van der Waals surface area (Å²) in [6.45, 7) is 1.49. The molecular weight excluding hydrogens is 327 g/mol. The maximum absolute atomic E-state index is 11.1. The van der Waals surface area contributed by atoms with Gasteiger partial charge in [0.25, 0.3) is 0 Å². The number of halogens is 1. The first kappa shape index (κ1) is 13.5. The molecule has 0 saturated heterocycles. The number of alkyl halides is 1. The number of esters is 1. The molecular formula is C15H17ClO2Se. The first-order valence-corrected chi connectivity index (χ1v) is 8.96. The maximum atomic E-state index is 11.1. The molecule has 0 heterocycles. The molecule has 0 radical (unpaired) electrons. The van der Waals surface area contributed by atoms with Crippen LogP contribution in [0.1, 0.15) is 19.8 Å². The fraction of sp³-hybridized carbons (Fsp3) is 0.533. The zero-order chi connectivity index (χ0) is 13.4. The predicted molar refractivity (Wildman–Crippen MR) is 77.0 cm³/mol. The number of carbonyl (C=O) groups excluding carboxylic acids is 1. The van der Waals surface area contributed by atoms with Gasteiger partial charge in [-0.05, 0) is 0 Å². The Hall–Kier alpha value is -0.501. The van der Waals surface area contributed by atoms with Crippen molar-refractivity contribution in [3.8, 4) is 0 Å². The van der Waals surface area contributed by atoms with Gasteiger partial charge in [-0.2, -0.15) is 0 Å². The van der Waals surface area contributed by atoms with Gasteiger partial charge in [0.05, 0.1) is 0 Å².